The van der Waals surface area contributed by atoms with E-state index in [9.17, 15) is 4.79 Å². The Labute approximate surface area is 166 Å². The Bertz CT molecular complexity index is 499. The number of thioether (sulfide) groups is 1. The van der Waals surface area contributed by atoms with E-state index >= 15 is 0 Å². The Kier molecular flexibility index (Phi) is 12.1. The monoisotopic (exact) mass is 413 g/mol. The molecule has 0 aromatic heterocycles. The van der Waals surface area contributed by atoms with Crippen molar-refractivity contribution in [2.75, 3.05) is 38.2 Å². The predicted molar refractivity (Wildman–Crippen MR) is 109 cm³/mol. The summed E-state index contributed by atoms with van der Waals surface area (Å²) in [6, 6.07) is 7.56. The molecule has 4 nitrogen and oxygen atoms in total. The third-order valence-corrected chi connectivity index (χ3v) is 5.00. The SMILES string of the molecule is CSCC[C@H](N)C(=O)N1CCN(Cc2ccccc2Cl)CC1.Cl.Cl. The van der Waals surface area contributed by atoms with Crippen molar-refractivity contribution in [3.8, 4) is 0 Å². The number of hydrogen-bond acceptors (Lipinski definition) is 4. The number of nitrogens with zero attached hydrogens (tertiary/aromatic N) is 2. The van der Waals surface area contributed by atoms with Crippen LogP contribution in [0.15, 0.2) is 24.3 Å². The number of halogens is 3. The van der Waals surface area contributed by atoms with E-state index in [1.165, 1.54) is 0 Å². The van der Waals surface area contributed by atoms with E-state index in [-0.39, 0.29) is 36.8 Å². The first-order chi connectivity index (χ1) is 10.6. The third kappa shape index (κ3) is 6.98. The number of nitrogens with two attached hydrogens (primary N) is 1. The summed E-state index contributed by atoms with van der Waals surface area (Å²) in [5, 5.41) is 0.806. The van der Waals surface area contributed by atoms with E-state index in [4.69, 9.17) is 17.3 Å². The standard InChI is InChI=1S/C16H24ClN3OS.2ClH/c1-22-11-6-15(18)16(21)20-9-7-19(8-10-20)12-13-4-2-3-5-14(13)17;;/h2-5,15H,6-12,18H2,1H3;2*1H/t15-;;/m0../s1. The molecule has 1 aromatic carbocycles. The molecule has 0 unspecified atom stereocenters. The van der Waals surface area contributed by atoms with Crippen molar-refractivity contribution >= 4 is 54.1 Å². The van der Waals surface area contributed by atoms with Gasteiger partial charge in [-0.2, -0.15) is 11.8 Å². The Morgan fingerprint density at radius 2 is 1.88 bits per heavy atom. The maximum atomic E-state index is 12.3. The molecule has 0 spiro atoms. The van der Waals surface area contributed by atoms with Crippen LogP contribution in [0, 0.1) is 0 Å². The highest BCUT2D eigenvalue weighted by molar-refractivity contribution is 7.98. The van der Waals surface area contributed by atoms with Crippen molar-refractivity contribution in [1.82, 2.24) is 9.80 Å². The van der Waals surface area contributed by atoms with Crippen LogP contribution in [0.3, 0.4) is 0 Å². The van der Waals surface area contributed by atoms with E-state index in [2.05, 4.69) is 11.0 Å². The Morgan fingerprint density at radius 1 is 1.25 bits per heavy atom. The number of benzene rings is 1. The number of amides is 1. The van der Waals surface area contributed by atoms with Crippen molar-refractivity contribution in [2.45, 2.75) is 19.0 Å². The van der Waals surface area contributed by atoms with Crippen LogP contribution < -0.4 is 5.73 Å². The average Bonchev–Trinajstić information content (AvgIpc) is 2.55. The predicted octanol–water partition coefficient (Wildman–Crippen LogP) is 2.91. The Balaban J connectivity index is 0.00000264. The largest absolute Gasteiger partial charge is 0.339 e. The molecule has 1 aliphatic heterocycles. The molecule has 1 saturated heterocycles. The van der Waals surface area contributed by atoms with Gasteiger partial charge in [0.1, 0.15) is 0 Å². The van der Waals surface area contributed by atoms with Crippen molar-refractivity contribution in [3.05, 3.63) is 34.9 Å². The van der Waals surface area contributed by atoms with Gasteiger partial charge in [-0.25, -0.2) is 0 Å². The van der Waals surface area contributed by atoms with Crippen LogP contribution >= 0.6 is 48.2 Å². The van der Waals surface area contributed by atoms with E-state index in [1.807, 2.05) is 29.4 Å². The van der Waals surface area contributed by atoms with Crippen LogP contribution in [0.25, 0.3) is 0 Å². The van der Waals surface area contributed by atoms with Crippen molar-refractivity contribution in [1.29, 1.82) is 0 Å². The first-order valence-electron chi connectivity index (χ1n) is 7.61. The van der Waals surface area contributed by atoms with Gasteiger partial charge in [0.25, 0.3) is 0 Å². The highest BCUT2D eigenvalue weighted by atomic mass is 35.5. The zero-order valence-corrected chi connectivity index (χ0v) is 17.0. The summed E-state index contributed by atoms with van der Waals surface area (Å²) < 4.78 is 0. The molecular weight excluding hydrogens is 389 g/mol. The molecule has 2 rings (SSSR count). The fourth-order valence-electron chi connectivity index (χ4n) is 2.60. The molecule has 138 valence electrons. The molecule has 0 saturated carbocycles. The lowest BCUT2D eigenvalue weighted by Crippen LogP contribution is -2.53. The molecule has 8 heteroatoms. The fraction of sp³-hybridized carbons (Fsp3) is 0.562. The lowest BCUT2D eigenvalue weighted by atomic mass is 10.1. The second-order valence-electron chi connectivity index (χ2n) is 5.58. The van der Waals surface area contributed by atoms with Gasteiger partial charge in [0.2, 0.25) is 5.91 Å². The van der Waals surface area contributed by atoms with E-state index in [0.717, 1.165) is 55.5 Å². The van der Waals surface area contributed by atoms with E-state index < -0.39 is 0 Å². The second kappa shape index (κ2) is 12.2. The minimum absolute atomic E-state index is 0. The average molecular weight is 415 g/mol. The van der Waals surface area contributed by atoms with Gasteiger partial charge in [0.15, 0.2) is 0 Å². The lowest BCUT2D eigenvalue weighted by molar-refractivity contribution is -0.134. The summed E-state index contributed by atoms with van der Waals surface area (Å²) in [5.74, 6) is 1.02. The summed E-state index contributed by atoms with van der Waals surface area (Å²) in [4.78, 5) is 16.5. The molecule has 0 aliphatic carbocycles. The topological polar surface area (TPSA) is 49.6 Å². The van der Waals surface area contributed by atoms with Crippen LogP contribution in [0.4, 0.5) is 0 Å². The molecular formula is C16H26Cl3N3OS. The molecule has 2 N–H and O–H groups in total. The van der Waals surface area contributed by atoms with Crippen molar-refractivity contribution in [2.24, 2.45) is 5.73 Å². The highest BCUT2D eigenvalue weighted by Crippen LogP contribution is 2.18. The number of hydrogen-bond donors (Lipinski definition) is 1. The molecule has 1 fully saturated rings. The van der Waals surface area contributed by atoms with Gasteiger partial charge in [-0.1, -0.05) is 29.8 Å². The molecule has 0 radical (unpaired) electrons. The minimum Gasteiger partial charge on any atom is -0.339 e. The summed E-state index contributed by atoms with van der Waals surface area (Å²) in [6.45, 7) is 4.06. The normalized spacial score (nSPS) is 16.0. The first-order valence-corrected chi connectivity index (χ1v) is 9.38. The molecule has 1 heterocycles. The summed E-state index contributed by atoms with van der Waals surface area (Å²) in [7, 11) is 0. The molecule has 1 aromatic rings. The van der Waals surface area contributed by atoms with Crippen LogP contribution in [0.5, 0.6) is 0 Å². The third-order valence-electron chi connectivity index (χ3n) is 3.99. The Morgan fingerprint density at radius 3 is 2.46 bits per heavy atom. The molecule has 0 bridgehead atoms. The maximum Gasteiger partial charge on any atom is 0.239 e. The summed E-state index contributed by atoms with van der Waals surface area (Å²) >= 11 is 7.93. The summed E-state index contributed by atoms with van der Waals surface area (Å²) in [5.41, 5.74) is 7.12. The zero-order valence-electron chi connectivity index (χ0n) is 13.8. The van der Waals surface area contributed by atoms with Gasteiger partial charge in [0, 0.05) is 37.7 Å². The van der Waals surface area contributed by atoms with Gasteiger partial charge in [0.05, 0.1) is 6.04 Å². The van der Waals surface area contributed by atoms with Gasteiger partial charge < -0.3 is 10.6 Å². The molecule has 1 aliphatic rings. The Hall–Kier alpha value is -0.170. The van der Waals surface area contributed by atoms with Crippen molar-refractivity contribution in [3.63, 3.8) is 0 Å². The van der Waals surface area contributed by atoms with Crippen LogP contribution in [-0.4, -0.2) is 59.9 Å². The maximum absolute atomic E-state index is 12.3. The van der Waals surface area contributed by atoms with Gasteiger partial charge in [-0.05, 0) is 30.1 Å². The van der Waals surface area contributed by atoms with Crippen LogP contribution in [0.1, 0.15) is 12.0 Å². The zero-order chi connectivity index (χ0) is 15.9. The fourth-order valence-corrected chi connectivity index (χ4v) is 3.28. The van der Waals surface area contributed by atoms with Gasteiger partial charge in [-0.3, -0.25) is 9.69 Å². The van der Waals surface area contributed by atoms with Crippen LogP contribution in [-0.2, 0) is 11.3 Å². The number of piperazine rings is 1. The van der Waals surface area contributed by atoms with Crippen molar-refractivity contribution < 1.29 is 4.79 Å². The lowest BCUT2D eigenvalue weighted by Gasteiger charge is -2.36. The second-order valence-corrected chi connectivity index (χ2v) is 6.97. The minimum atomic E-state index is -0.359. The number of carbonyl (C=O) groups is 1. The quantitative estimate of drug-likeness (QED) is 0.777. The number of carbonyl (C=O) groups excluding carboxylic acids is 1. The molecule has 24 heavy (non-hydrogen) atoms. The molecule has 1 atom stereocenters. The highest BCUT2D eigenvalue weighted by Gasteiger charge is 2.25. The summed E-state index contributed by atoms with van der Waals surface area (Å²) in [6.07, 6.45) is 2.78. The number of rotatable bonds is 6. The van der Waals surface area contributed by atoms with E-state index in [1.54, 1.807) is 11.8 Å². The smallest absolute Gasteiger partial charge is 0.239 e. The van der Waals surface area contributed by atoms with Crippen LogP contribution in [0.2, 0.25) is 5.02 Å². The van der Waals surface area contributed by atoms with Gasteiger partial charge >= 0.3 is 0 Å². The van der Waals surface area contributed by atoms with E-state index in [0.29, 0.717) is 0 Å². The first kappa shape index (κ1) is 23.8. The molecule has 1 amide bonds. The van der Waals surface area contributed by atoms with Gasteiger partial charge in [-0.15, -0.1) is 24.8 Å².